The Morgan fingerprint density at radius 3 is 2.38 bits per heavy atom. The zero-order valence-electron chi connectivity index (χ0n) is 20.9. The molecular formula is C29H46N2Si. The van der Waals surface area contributed by atoms with E-state index in [1.807, 2.05) is 6.20 Å². The highest BCUT2D eigenvalue weighted by atomic mass is 28.3. The fourth-order valence-electron chi connectivity index (χ4n) is 5.71. The Morgan fingerprint density at radius 2 is 1.72 bits per heavy atom. The predicted molar refractivity (Wildman–Crippen MR) is 142 cm³/mol. The summed E-state index contributed by atoms with van der Waals surface area (Å²) >= 11 is 0. The van der Waals surface area contributed by atoms with Crippen LogP contribution in [-0.2, 0) is 5.54 Å². The van der Waals surface area contributed by atoms with Crippen molar-refractivity contribution < 1.29 is 0 Å². The second-order valence-electron chi connectivity index (χ2n) is 11.6. The highest BCUT2D eigenvalue weighted by molar-refractivity contribution is 6.76. The van der Waals surface area contributed by atoms with Crippen molar-refractivity contribution >= 4 is 8.07 Å². The first-order valence-electron chi connectivity index (χ1n) is 13.1. The van der Waals surface area contributed by atoms with Gasteiger partial charge < -0.3 is 5.73 Å². The second kappa shape index (κ2) is 12.1. The molecule has 3 rings (SSSR count). The molecule has 32 heavy (non-hydrogen) atoms. The SMILES string of the molecule is C[Si](C)(C)CC(CCC(N)(CCCCC1CCCCC1)c1ccccc1)c1cccnc1. The molecule has 2 N–H and O–H groups in total. The number of hydrogen-bond donors (Lipinski definition) is 1. The van der Waals surface area contributed by atoms with Gasteiger partial charge in [0.2, 0.25) is 0 Å². The van der Waals surface area contributed by atoms with Gasteiger partial charge in [-0.3, -0.25) is 4.98 Å². The molecule has 0 aliphatic heterocycles. The van der Waals surface area contributed by atoms with Gasteiger partial charge in [-0.1, -0.05) is 113 Å². The molecule has 176 valence electrons. The van der Waals surface area contributed by atoms with E-state index in [1.54, 1.807) is 0 Å². The summed E-state index contributed by atoms with van der Waals surface area (Å²) in [6.07, 6.45) is 18.5. The zero-order chi connectivity index (χ0) is 22.9. The summed E-state index contributed by atoms with van der Waals surface area (Å²) in [5, 5.41) is 0. The van der Waals surface area contributed by atoms with E-state index >= 15 is 0 Å². The van der Waals surface area contributed by atoms with Gasteiger partial charge >= 0.3 is 0 Å². The van der Waals surface area contributed by atoms with Crippen molar-refractivity contribution in [3.63, 3.8) is 0 Å². The number of hydrogen-bond acceptors (Lipinski definition) is 2. The summed E-state index contributed by atoms with van der Waals surface area (Å²) in [5.41, 5.74) is 9.70. The quantitative estimate of drug-likeness (QED) is 0.261. The lowest BCUT2D eigenvalue weighted by Gasteiger charge is -2.34. The predicted octanol–water partition coefficient (Wildman–Crippen LogP) is 8.28. The Bertz CT molecular complexity index is 765. The lowest BCUT2D eigenvalue weighted by Crippen LogP contribution is -2.37. The van der Waals surface area contributed by atoms with Crippen molar-refractivity contribution in [1.82, 2.24) is 4.98 Å². The van der Waals surface area contributed by atoms with Crippen LogP contribution in [0.15, 0.2) is 54.9 Å². The summed E-state index contributed by atoms with van der Waals surface area (Å²) in [7, 11) is -1.20. The minimum absolute atomic E-state index is 0.228. The summed E-state index contributed by atoms with van der Waals surface area (Å²) in [6.45, 7) is 7.44. The molecule has 1 saturated carbocycles. The van der Waals surface area contributed by atoms with Gasteiger partial charge in [0.1, 0.15) is 0 Å². The Balaban J connectivity index is 1.65. The summed E-state index contributed by atoms with van der Waals surface area (Å²) in [6, 6.07) is 16.6. The molecule has 1 aliphatic rings. The van der Waals surface area contributed by atoms with Crippen LogP contribution in [0.3, 0.4) is 0 Å². The average Bonchev–Trinajstić information content (AvgIpc) is 2.81. The van der Waals surface area contributed by atoms with Crippen molar-refractivity contribution in [2.75, 3.05) is 0 Å². The highest BCUT2D eigenvalue weighted by Gasteiger charge is 2.30. The van der Waals surface area contributed by atoms with E-state index in [4.69, 9.17) is 5.73 Å². The normalized spacial score (nSPS) is 18.2. The molecule has 2 nitrogen and oxygen atoms in total. The summed E-state index contributed by atoms with van der Waals surface area (Å²) < 4.78 is 0. The molecule has 1 aliphatic carbocycles. The van der Waals surface area contributed by atoms with E-state index in [1.165, 1.54) is 68.5 Å². The van der Waals surface area contributed by atoms with Gasteiger partial charge in [0, 0.05) is 26.0 Å². The molecule has 0 spiro atoms. The molecule has 0 radical (unpaired) electrons. The Hall–Kier alpha value is -1.45. The molecule has 0 amide bonds. The lowest BCUT2D eigenvalue weighted by atomic mass is 9.78. The standard InChI is InChI=1S/C29H46N2Si/c1-32(2,3)24-27(26-16-12-22-31-23-26)19-21-29(30,28-17-8-5-9-18-28)20-11-10-15-25-13-6-4-7-14-25/h5,8-9,12,16-18,22-23,25,27H,4,6-7,10-11,13-15,19-21,24,30H2,1-3H3. The van der Waals surface area contributed by atoms with E-state index in [0.29, 0.717) is 5.92 Å². The topological polar surface area (TPSA) is 38.9 Å². The number of aromatic nitrogens is 1. The maximum atomic E-state index is 7.22. The fraction of sp³-hybridized carbons (Fsp3) is 0.621. The molecule has 2 aromatic rings. The van der Waals surface area contributed by atoms with Crippen LogP contribution in [0.1, 0.15) is 87.7 Å². The van der Waals surface area contributed by atoms with Gasteiger partial charge in [0.05, 0.1) is 0 Å². The molecule has 1 aromatic carbocycles. The molecular weight excluding hydrogens is 404 g/mol. The Labute approximate surface area is 198 Å². The van der Waals surface area contributed by atoms with Crippen LogP contribution in [0.2, 0.25) is 25.7 Å². The maximum absolute atomic E-state index is 7.22. The third-order valence-corrected chi connectivity index (χ3v) is 9.23. The summed E-state index contributed by atoms with van der Waals surface area (Å²) in [5.74, 6) is 1.53. The van der Waals surface area contributed by atoms with Crippen molar-refractivity contribution in [2.45, 2.75) is 108 Å². The largest absolute Gasteiger partial charge is 0.321 e. The highest BCUT2D eigenvalue weighted by Crippen LogP contribution is 2.37. The monoisotopic (exact) mass is 450 g/mol. The minimum atomic E-state index is -1.20. The van der Waals surface area contributed by atoms with Crippen LogP contribution in [0.4, 0.5) is 0 Å². The van der Waals surface area contributed by atoms with Crippen LogP contribution < -0.4 is 5.73 Å². The van der Waals surface area contributed by atoms with Crippen LogP contribution in [-0.4, -0.2) is 13.1 Å². The third-order valence-electron chi connectivity index (χ3n) is 7.51. The van der Waals surface area contributed by atoms with Crippen molar-refractivity contribution in [2.24, 2.45) is 11.7 Å². The van der Waals surface area contributed by atoms with Gasteiger partial charge in [0.15, 0.2) is 0 Å². The third kappa shape index (κ3) is 8.15. The molecule has 1 aromatic heterocycles. The molecule has 3 heteroatoms. The molecule has 0 bridgehead atoms. The average molecular weight is 451 g/mol. The van der Waals surface area contributed by atoms with Gasteiger partial charge in [-0.15, -0.1) is 0 Å². The molecule has 0 saturated heterocycles. The van der Waals surface area contributed by atoms with Crippen molar-refractivity contribution in [1.29, 1.82) is 0 Å². The van der Waals surface area contributed by atoms with Gasteiger partial charge in [-0.2, -0.15) is 0 Å². The molecule has 2 unspecified atom stereocenters. The van der Waals surface area contributed by atoms with E-state index in [-0.39, 0.29) is 5.54 Å². The first-order valence-corrected chi connectivity index (χ1v) is 16.8. The van der Waals surface area contributed by atoms with Crippen molar-refractivity contribution in [3.8, 4) is 0 Å². The van der Waals surface area contributed by atoms with Crippen LogP contribution >= 0.6 is 0 Å². The first-order chi connectivity index (χ1) is 15.4. The smallest absolute Gasteiger partial charge is 0.0448 e. The van der Waals surface area contributed by atoms with E-state index in [0.717, 1.165) is 25.2 Å². The van der Waals surface area contributed by atoms with Crippen LogP contribution in [0, 0.1) is 5.92 Å². The van der Waals surface area contributed by atoms with Gasteiger partial charge in [-0.05, 0) is 48.3 Å². The second-order valence-corrected chi connectivity index (χ2v) is 17.1. The van der Waals surface area contributed by atoms with Crippen molar-refractivity contribution in [3.05, 3.63) is 66.0 Å². The summed E-state index contributed by atoms with van der Waals surface area (Å²) in [4.78, 5) is 4.43. The Kier molecular flexibility index (Phi) is 9.55. The number of nitrogens with two attached hydrogens (primary N) is 1. The minimum Gasteiger partial charge on any atom is -0.321 e. The lowest BCUT2D eigenvalue weighted by molar-refractivity contribution is 0.305. The zero-order valence-corrected chi connectivity index (χ0v) is 21.9. The number of unbranched alkanes of at least 4 members (excludes halogenated alkanes) is 1. The number of benzene rings is 1. The number of rotatable bonds is 12. The van der Waals surface area contributed by atoms with Gasteiger partial charge in [-0.25, -0.2) is 0 Å². The molecule has 1 fully saturated rings. The number of pyridine rings is 1. The van der Waals surface area contributed by atoms with Gasteiger partial charge in [0.25, 0.3) is 0 Å². The van der Waals surface area contributed by atoms with Crippen LogP contribution in [0.5, 0.6) is 0 Å². The van der Waals surface area contributed by atoms with E-state index in [9.17, 15) is 0 Å². The van der Waals surface area contributed by atoms with E-state index < -0.39 is 8.07 Å². The number of nitrogens with zero attached hydrogens (tertiary/aromatic N) is 1. The molecule has 1 heterocycles. The van der Waals surface area contributed by atoms with Crippen LogP contribution in [0.25, 0.3) is 0 Å². The first kappa shape index (κ1) is 25.2. The van der Waals surface area contributed by atoms with E-state index in [2.05, 4.69) is 73.3 Å². The Morgan fingerprint density at radius 1 is 0.969 bits per heavy atom. The molecule has 2 atom stereocenters. The maximum Gasteiger partial charge on any atom is 0.0448 e. The fourth-order valence-corrected chi connectivity index (χ4v) is 7.63.